The minimum absolute atomic E-state index is 0.0885. The van der Waals surface area contributed by atoms with Gasteiger partial charge in [-0.05, 0) is 42.2 Å². The number of hydrogen-bond donors (Lipinski definition) is 1. The monoisotopic (exact) mass is 545 g/mol. The van der Waals surface area contributed by atoms with Crippen molar-refractivity contribution in [2.75, 3.05) is 34.4 Å². The molecular formula is C26H32BrN3O5. The quantitative estimate of drug-likeness (QED) is 0.490. The van der Waals surface area contributed by atoms with Crippen LogP contribution in [-0.2, 0) is 12.0 Å². The summed E-state index contributed by atoms with van der Waals surface area (Å²) in [5, 5.41) is 2.65. The number of carbonyl (C=O) groups is 2. The first kappa shape index (κ1) is 26.5. The Kier molecular flexibility index (Phi) is 8.10. The van der Waals surface area contributed by atoms with Gasteiger partial charge < -0.3 is 24.4 Å². The molecule has 9 heteroatoms. The molecule has 0 atom stereocenters. The van der Waals surface area contributed by atoms with Crippen LogP contribution in [0.15, 0.2) is 28.3 Å². The van der Waals surface area contributed by atoms with E-state index in [1.54, 1.807) is 33.4 Å². The zero-order valence-electron chi connectivity index (χ0n) is 21.2. The highest BCUT2D eigenvalue weighted by atomic mass is 79.9. The highest BCUT2D eigenvalue weighted by Gasteiger charge is 2.31. The maximum atomic E-state index is 13.5. The Morgan fingerprint density at radius 2 is 1.83 bits per heavy atom. The molecule has 0 fully saturated rings. The van der Waals surface area contributed by atoms with Gasteiger partial charge in [-0.1, -0.05) is 20.8 Å². The number of methoxy groups -OCH3 is 2. The molecule has 0 bridgehead atoms. The number of amides is 1. The fourth-order valence-electron chi connectivity index (χ4n) is 4.18. The van der Waals surface area contributed by atoms with E-state index < -0.39 is 0 Å². The Hall–Kier alpha value is -3.07. The van der Waals surface area contributed by atoms with E-state index in [0.29, 0.717) is 47.4 Å². The number of hydrogen-bond acceptors (Lipinski definition) is 6. The summed E-state index contributed by atoms with van der Waals surface area (Å²) in [6, 6.07) is 7.19. The van der Waals surface area contributed by atoms with Crippen LogP contribution in [0.25, 0.3) is 0 Å². The lowest BCUT2D eigenvalue weighted by Crippen LogP contribution is -2.31. The molecule has 188 valence electrons. The van der Waals surface area contributed by atoms with Crippen LogP contribution >= 0.6 is 16.1 Å². The third-order valence-electron chi connectivity index (χ3n) is 5.90. The first-order valence-corrected chi connectivity index (χ1v) is 12.1. The van der Waals surface area contributed by atoms with Crippen LogP contribution in [-0.4, -0.2) is 56.8 Å². The molecule has 0 radical (unpaired) electrons. The normalized spacial score (nSPS) is 14.1. The van der Waals surface area contributed by atoms with Gasteiger partial charge in [-0.25, -0.2) is 0 Å². The van der Waals surface area contributed by atoms with E-state index in [9.17, 15) is 9.59 Å². The Morgan fingerprint density at radius 3 is 2.37 bits per heavy atom. The Bertz CT molecular complexity index is 1170. The number of amidine groups is 1. The van der Waals surface area contributed by atoms with Crippen LogP contribution in [0.2, 0.25) is 0 Å². The van der Waals surface area contributed by atoms with E-state index in [1.807, 2.05) is 24.0 Å². The Labute approximate surface area is 215 Å². The molecule has 35 heavy (non-hydrogen) atoms. The third kappa shape index (κ3) is 5.29. The second kappa shape index (κ2) is 10.7. The summed E-state index contributed by atoms with van der Waals surface area (Å²) < 4.78 is 21.1. The van der Waals surface area contributed by atoms with Crippen LogP contribution in [0.3, 0.4) is 0 Å². The zero-order valence-corrected chi connectivity index (χ0v) is 22.8. The molecule has 1 aliphatic heterocycles. The highest BCUT2D eigenvalue weighted by Crippen LogP contribution is 2.40. The average molecular weight is 546 g/mol. The molecule has 0 spiro atoms. The third-order valence-corrected chi connectivity index (χ3v) is 6.24. The van der Waals surface area contributed by atoms with Gasteiger partial charge in [0.15, 0.2) is 17.3 Å². The molecule has 0 unspecified atom stereocenters. The van der Waals surface area contributed by atoms with E-state index in [-0.39, 0.29) is 23.7 Å². The summed E-state index contributed by atoms with van der Waals surface area (Å²) in [5.41, 5.74) is 3.28. The van der Waals surface area contributed by atoms with Crippen molar-refractivity contribution in [2.45, 2.75) is 39.7 Å². The molecule has 0 saturated carbocycles. The molecule has 1 aliphatic rings. The van der Waals surface area contributed by atoms with Crippen molar-refractivity contribution in [3.8, 4) is 17.2 Å². The second-order valence-corrected chi connectivity index (χ2v) is 9.57. The summed E-state index contributed by atoms with van der Waals surface area (Å²) in [4.78, 5) is 27.8. The van der Waals surface area contributed by atoms with E-state index >= 15 is 0 Å². The number of fused-ring (bicyclic) bond motifs is 1. The van der Waals surface area contributed by atoms with Crippen molar-refractivity contribution in [1.82, 2.24) is 10.2 Å². The largest absolute Gasteiger partial charge is 0.493 e. The maximum absolute atomic E-state index is 13.5. The number of halogens is 1. The van der Waals surface area contributed by atoms with Crippen molar-refractivity contribution in [3.63, 3.8) is 0 Å². The summed E-state index contributed by atoms with van der Waals surface area (Å²) in [6.07, 6.45) is 0. The van der Waals surface area contributed by atoms with Crippen LogP contribution in [0.4, 0.5) is 0 Å². The van der Waals surface area contributed by atoms with E-state index in [1.165, 1.54) is 0 Å². The summed E-state index contributed by atoms with van der Waals surface area (Å²) >= 11 is 3.21. The van der Waals surface area contributed by atoms with Gasteiger partial charge in [-0.15, -0.1) is 0 Å². The van der Waals surface area contributed by atoms with Crippen molar-refractivity contribution in [2.24, 2.45) is 4.02 Å². The van der Waals surface area contributed by atoms with Gasteiger partial charge in [0.05, 0.1) is 49.1 Å². The number of carbonyl (C=O) groups excluding carboxylic acids is 2. The molecule has 1 N–H and O–H groups in total. The van der Waals surface area contributed by atoms with Gasteiger partial charge in [0.1, 0.15) is 11.6 Å². The van der Waals surface area contributed by atoms with Crippen molar-refractivity contribution in [3.05, 3.63) is 52.1 Å². The van der Waals surface area contributed by atoms with Crippen molar-refractivity contribution < 1.29 is 23.8 Å². The van der Waals surface area contributed by atoms with Crippen molar-refractivity contribution in [1.29, 1.82) is 0 Å². The Balaban J connectivity index is 1.97. The van der Waals surface area contributed by atoms with Crippen LogP contribution in [0.5, 0.6) is 17.2 Å². The minimum atomic E-state index is -0.257. The molecule has 3 rings (SSSR count). The first-order chi connectivity index (χ1) is 16.6. The Morgan fingerprint density at radius 1 is 1.11 bits per heavy atom. The summed E-state index contributed by atoms with van der Waals surface area (Å²) in [6.45, 7) is 9.03. The standard InChI is InChI=1S/C26H32BrN3O5/c1-8-35-21-11-16-13-30(24(29-27)17(16)12-18(21)25(32)28-5)14-20(31)15-9-19(26(2,3)4)23(34-7)22(10-15)33-6/h9-12H,8,13-14H2,1-7H3,(H,28,32). The summed E-state index contributed by atoms with van der Waals surface area (Å²) in [5.74, 6) is 1.88. The van der Waals surface area contributed by atoms with Crippen LogP contribution < -0.4 is 19.5 Å². The average Bonchev–Trinajstić information content (AvgIpc) is 3.17. The van der Waals surface area contributed by atoms with Crippen LogP contribution in [0.1, 0.15) is 65.1 Å². The number of benzene rings is 2. The fourth-order valence-corrected chi connectivity index (χ4v) is 4.59. The van der Waals surface area contributed by atoms with Gasteiger partial charge >= 0.3 is 0 Å². The fraction of sp³-hybridized carbons (Fsp3) is 0.423. The maximum Gasteiger partial charge on any atom is 0.254 e. The number of Topliss-reactive ketones (excluding diaryl/α,β-unsaturated/α-hetero) is 1. The predicted molar refractivity (Wildman–Crippen MR) is 139 cm³/mol. The van der Waals surface area contributed by atoms with E-state index in [0.717, 1.165) is 16.7 Å². The lowest BCUT2D eigenvalue weighted by molar-refractivity contribution is 0.0953. The van der Waals surface area contributed by atoms with Gasteiger partial charge in [-0.3, -0.25) is 9.59 Å². The SMILES string of the molecule is CCOc1cc2c(cc1C(=O)NC)C(=NBr)N(CC(=O)c1cc(OC)c(OC)c(C(C)(C)C)c1)C2. The highest BCUT2D eigenvalue weighted by molar-refractivity contribution is 9.08. The topological polar surface area (TPSA) is 89.5 Å². The van der Waals surface area contributed by atoms with E-state index in [4.69, 9.17) is 14.2 Å². The summed E-state index contributed by atoms with van der Waals surface area (Å²) in [7, 11) is 4.73. The van der Waals surface area contributed by atoms with Crippen LogP contribution in [0, 0.1) is 0 Å². The number of rotatable bonds is 8. The van der Waals surface area contributed by atoms with Gasteiger partial charge in [0.25, 0.3) is 5.91 Å². The van der Waals surface area contributed by atoms with Gasteiger partial charge in [-0.2, -0.15) is 4.02 Å². The number of ketones is 1. The van der Waals surface area contributed by atoms with Gasteiger partial charge in [0.2, 0.25) is 0 Å². The van der Waals surface area contributed by atoms with E-state index in [2.05, 4.69) is 46.3 Å². The molecule has 0 aliphatic carbocycles. The molecule has 2 aromatic carbocycles. The first-order valence-electron chi connectivity index (χ1n) is 11.3. The number of ether oxygens (including phenoxy) is 3. The number of nitrogens with one attached hydrogen (secondary N) is 1. The minimum Gasteiger partial charge on any atom is -0.493 e. The number of nitrogens with zero attached hydrogens (tertiary/aromatic N) is 2. The second-order valence-electron chi connectivity index (χ2n) is 9.21. The molecule has 8 nitrogen and oxygen atoms in total. The molecule has 1 amide bonds. The molecule has 2 aromatic rings. The van der Waals surface area contributed by atoms with Gasteiger partial charge in [0, 0.05) is 30.3 Å². The molecule has 0 saturated heterocycles. The zero-order chi connectivity index (χ0) is 25.9. The molecule has 0 aromatic heterocycles. The smallest absolute Gasteiger partial charge is 0.254 e. The predicted octanol–water partition coefficient (Wildman–Crippen LogP) is 4.51. The lowest BCUT2D eigenvalue weighted by Gasteiger charge is -2.25. The molecule has 1 heterocycles. The lowest BCUT2D eigenvalue weighted by atomic mass is 9.84. The van der Waals surface area contributed by atoms with Crippen molar-refractivity contribution >= 4 is 33.7 Å². The molecular weight excluding hydrogens is 514 g/mol.